The number of aromatic nitrogens is 2. The molecule has 1 aliphatic rings. The molecule has 2 heterocycles. The standard InChI is InChI=1S/C26H32N4O2/c1-20(29-14-7-4-8-15-29)17-27-26(31)24-19-30(18-21-10-5-3-6-11-21)28-25(24)22-12-9-13-23(16-22)32-2/h3,5-6,9-13,16,19-20H,4,7-8,14-15,17-18H2,1-2H3,(H,27,31). The number of carbonyl (C=O) groups is 1. The minimum atomic E-state index is -0.0917. The molecular weight excluding hydrogens is 400 g/mol. The van der Waals surface area contributed by atoms with E-state index in [0.29, 0.717) is 30.4 Å². The highest BCUT2D eigenvalue weighted by Crippen LogP contribution is 2.26. The molecule has 1 aliphatic heterocycles. The highest BCUT2D eigenvalue weighted by molar-refractivity contribution is 5.99. The summed E-state index contributed by atoms with van der Waals surface area (Å²) < 4.78 is 7.23. The zero-order valence-electron chi connectivity index (χ0n) is 19.0. The van der Waals surface area contributed by atoms with Crippen molar-refractivity contribution in [1.82, 2.24) is 20.0 Å². The summed E-state index contributed by atoms with van der Waals surface area (Å²) in [6, 6.07) is 18.2. The fourth-order valence-corrected chi connectivity index (χ4v) is 4.25. The molecule has 0 spiro atoms. The number of likely N-dealkylation sites (tertiary alicyclic amines) is 1. The first-order valence-electron chi connectivity index (χ1n) is 11.4. The summed E-state index contributed by atoms with van der Waals surface area (Å²) in [6.45, 7) is 5.64. The molecule has 1 aromatic heterocycles. The molecule has 3 aromatic rings. The van der Waals surface area contributed by atoms with Crippen LogP contribution in [0, 0.1) is 0 Å². The first-order chi connectivity index (χ1) is 15.6. The van der Waals surface area contributed by atoms with Gasteiger partial charge in [-0.15, -0.1) is 0 Å². The predicted molar refractivity (Wildman–Crippen MR) is 127 cm³/mol. The molecule has 6 nitrogen and oxygen atoms in total. The van der Waals surface area contributed by atoms with Crippen molar-refractivity contribution in [1.29, 1.82) is 0 Å². The lowest BCUT2D eigenvalue weighted by Gasteiger charge is -2.32. The number of nitrogens with one attached hydrogen (secondary N) is 1. The summed E-state index contributed by atoms with van der Waals surface area (Å²) in [6.07, 6.45) is 5.64. The molecule has 1 unspecified atom stereocenters. The van der Waals surface area contributed by atoms with Gasteiger partial charge in [0.2, 0.25) is 0 Å². The first-order valence-corrected chi connectivity index (χ1v) is 11.4. The average Bonchev–Trinajstić information content (AvgIpc) is 3.27. The van der Waals surface area contributed by atoms with E-state index in [1.807, 2.05) is 53.3 Å². The molecule has 6 heteroatoms. The Bertz CT molecular complexity index is 1030. The fraction of sp³-hybridized carbons (Fsp3) is 0.385. The van der Waals surface area contributed by atoms with Crippen LogP contribution in [0.15, 0.2) is 60.8 Å². The van der Waals surface area contributed by atoms with Gasteiger partial charge in [-0.2, -0.15) is 5.10 Å². The van der Waals surface area contributed by atoms with Gasteiger partial charge in [-0.05, 0) is 50.6 Å². The summed E-state index contributed by atoms with van der Waals surface area (Å²) >= 11 is 0. The van der Waals surface area contributed by atoms with Gasteiger partial charge in [0.05, 0.1) is 19.2 Å². The second-order valence-electron chi connectivity index (χ2n) is 8.46. The highest BCUT2D eigenvalue weighted by atomic mass is 16.5. The van der Waals surface area contributed by atoms with Crippen molar-refractivity contribution in [2.45, 2.75) is 38.8 Å². The lowest BCUT2D eigenvalue weighted by Crippen LogP contribution is -2.44. The number of amides is 1. The Morgan fingerprint density at radius 1 is 1.09 bits per heavy atom. The molecule has 1 amide bonds. The third-order valence-electron chi connectivity index (χ3n) is 6.11. The first kappa shape index (κ1) is 22.1. The van der Waals surface area contributed by atoms with Crippen molar-refractivity contribution in [2.75, 3.05) is 26.7 Å². The van der Waals surface area contributed by atoms with E-state index < -0.39 is 0 Å². The molecular formula is C26H32N4O2. The van der Waals surface area contributed by atoms with Crippen molar-refractivity contribution in [3.05, 3.63) is 71.9 Å². The maximum Gasteiger partial charge on any atom is 0.255 e. The summed E-state index contributed by atoms with van der Waals surface area (Å²) in [5.74, 6) is 0.649. The van der Waals surface area contributed by atoms with Crippen LogP contribution in [0.4, 0.5) is 0 Å². The number of methoxy groups -OCH3 is 1. The van der Waals surface area contributed by atoms with Gasteiger partial charge in [0.15, 0.2) is 0 Å². The number of nitrogens with zero attached hydrogens (tertiary/aromatic N) is 3. The van der Waals surface area contributed by atoms with E-state index in [-0.39, 0.29) is 5.91 Å². The highest BCUT2D eigenvalue weighted by Gasteiger charge is 2.21. The van der Waals surface area contributed by atoms with Crippen LogP contribution < -0.4 is 10.1 Å². The number of carbonyl (C=O) groups excluding carboxylic acids is 1. The molecule has 0 bridgehead atoms. The Kier molecular flexibility index (Phi) is 7.22. The van der Waals surface area contributed by atoms with E-state index in [9.17, 15) is 4.79 Å². The van der Waals surface area contributed by atoms with Gasteiger partial charge < -0.3 is 10.1 Å². The lowest BCUT2D eigenvalue weighted by atomic mass is 10.1. The summed E-state index contributed by atoms with van der Waals surface area (Å²) in [7, 11) is 1.64. The molecule has 1 saturated heterocycles. The summed E-state index contributed by atoms with van der Waals surface area (Å²) in [5.41, 5.74) is 3.26. The van der Waals surface area contributed by atoms with Gasteiger partial charge >= 0.3 is 0 Å². The van der Waals surface area contributed by atoms with Crippen LogP contribution in [-0.4, -0.2) is 53.4 Å². The molecule has 0 radical (unpaired) electrons. The van der Waals surface area contributed by atoms with Crippen LogP contribution in [0.25, 0.3) is 11.3 Å². The van der Waals surface area contributed by atoms with Crippen molar-refractivity contribution in [2.24, 2.45) is 0 Å². The van der Waals surface area contributed by atoms with Crippen molar-refractivity contribution < 1.29 is 9.53 Å². The molecule has 0 aliphatic carbocycles. The Morgan fingerprint density at radius 3 is 2.62 bits per heavy atom. The van der Waals surface area contributed by atoms with Gasteiger partial charge in [0, 0.05) is 24.3 Å². The van der Waals surface area contributed by atoms with E-state index in [0.717, 1.165) is 30.0 Å². The van der Waals surface area contributed by atoms with E-state index in [4.69, 9.17) is 9.84 Å². The molecule has 32 heavy (non-hydrogen) atoms. The maximum atomic E-state index is 13.2. The maximum absolute atomic E-state index is 13.2. The number of rotatable bonds is 8. The van der Waals surface area contributed by atoms with Gasteiger partial charge in [-0.3, -0.25) is 14.4 Å². The van der Waals surface area contributed by atoms with Gasteiger partial charge in [0.1, 0.15) is 11.4 Å². The minimum absolute atomic E-state index is 0.0917. The van der Waals surface area contributed by atoms with E-state index in [1.165, 1.54) is 19.3 Å². The zero-order valence-corrected chi connectivity index (χ0v) is 19.0. The largest absolute Gasteiger partial charge is 0.497 e. The van der Waals surface area contributed by atoms with E-state index in [1.54, 1.807) is 7.11 Å². The molecule has 0 saturated carbocycles. The second kappa shape index (κ2) is 10.5. The Morgan fingerprint density at radius 2 is 1.88 bits per heavy atom. The number of piperidine rings is 1. The minimum Gasteiger partial charge on any atom is -0.497 e. The number of ether oxygens (including phenoxy) is 1. The van der Waals surface area contributed by atoms with Crippen LogP contribution in [0.1, 0.15) is 42.1 Å². The smallest absolute Gasteiger partial charge is 0.255 e. The zero-order chi connectivity index (χ0) is 22.3. The molecule has 1 atom stereocenters. The van der Waals surface area contributed by atoms with Crippen molar-refractivity contribution in [3.8, 4) is 17.0 Å². The van der Waals surface area contributed by atoms with Crippen LogP contribution in [-0.2, 0) is 6.54 Å². The molecule has 4 rings (SSSR count). The SMILES string of the molecule is COc1cccc(-c2nn(Cc3ccccc3)cc2C(=O)NCC(C)N2CCCCC2)c1. The summed E-state index contributed by atoms with van der Waals surface area (Å²) in [5, 5.41) is 7.93. The quantitative estimate of drug-likeness (QED) is 0.579. The normalized spacial score (nSPS) is 15.3. The topological polar surface area (TPSA) is 59.4 Å². The van der Waals surface area contributed by atoms with E-state index >= 15 is 0 Å². The Balaban J connectivity index is 1.56. The monoisotopic (exact) mass is 432 g/mol. The third kappa shape index (κ3) is 5.37. The average molecular weight is 433 g/mol. The van der Waals surface area contributed by atoms with Gasteiger partial charge in [0.25, 0.3) is 5.91 Å². The van der Waals surface area contributed by atoms with Gasteiger partial charge in [-0.1, -0.05) is 48.9 Å². The van der Waals surface area contributed by atoms with Crippen molar-refractivity contribution in [3.63, 3.8) is 0 Å². The predicted octanol–water partition coefficient (Wildman–Crippen LogP) is 4.21. The van der Waals surface area contributed by atoms with Crippen LogP contribution in [0.5, 0.6) is 5.75 Å². The molecule has 1 N–H and O–H groups in total. The number of benzene rings is 2. The molecule has 168 valence electrons. The van der Waals surface area contributed by atoms with Crippen molar-refractivity contribution >= 4 is 5.91 Å². The Hall–Kier alpha value is -3.12. The van der Waals surface area contributed by atoms with Crippen LogP contribution in [0.3, 0.4) is 0 Å². The Labute approximate surface area is 190 Å². The lowest BCUT2D eigenvalue weighted by molar-refractivity contribution is 0.0930. The van der Waals surface area contributed by atoms with Gasteiger partial charge in [-0.25, -0.2) is 0 Å². The van der Waals surface area contributed by atoms with Crippen LogP contribution in [0.2, 0.25) is 0 Å². The molecule has 2 aromatic carbocycles. The third-order valence-corrected chi connectivity index (χ3v) is 6.11. The fourth-order valence-electron chi connectivity index (χ4n) is 4.25. The van der Waals surface area contributed by atoms with Crippen LogP contribution >= 0.6 is 0 Å². The van der Waals surface area contributed by atoms with E-state index in [2.05, 4.69) is 29.3 Å². The number of hydrogen-bond donors (Lipinski definition) is 1. The second-order valence-corrected chi connectivity index (χ2v) is 8.46. The summed E-state index contributed by atoms with van der Waals surface area (Å²) in [4.78, 5) is 15.7. The molecule has 1 fully saturated rings. The number of hydrogen-bond acceptors (Lipinski definition) is 4.